The van der Waals surface area contributed by atoms with Gasteiger partial charge in [-0.1, -0.05) is 19.9 Å². The van der Waals surface area contributed by atoms with Crippen LogP contribution in [-0.4, -0.2) is 17.4 Å². The lowest BCUT2D eigenvalue weighted by Gasteiger charge is -1.98. The van der Waals surface area contributed by atoms with Crippen LogP contribution >= 0.6 is 0 Å². The van der Waals surface area contributed by atoms with Crippen LogP contribution in [0.5, 0.6) is 0 Å². The van der Waals surface area contributed by atoms with Gasteiger partial charge in [-0.3, -0.25) is 9.78 Å². The van der Waals surface area contributed by atoms with Crippen LogP contribution in [-0.2, 0) is 0 Å². The fourth-order valence-corrected chi connectivity index (χ4v) is 0.748. The molecule has 0 fully saturated rings. The predicted octanol–water partition coefficient (Wildman–Crippen LogP) is 2.10. The molecule has 1 N–H and O–H groups in total. The van der Waals surface area contributed by atoms with E-state index in [1.54, 1.807) is 24.4 Å². The zero-order chi connectivity index (χ0) is 10.1. The zero-order valence-corrected chi connectivity index (χ0v) is 8.37. The molecule has 0 unspecified atom stereocenters. The van der Waals surface area contributed by atoms with Gasteiger partial charge in [-0.05, 0) is 19.1 Å². The molecule has 0 aromatic carbocycles. The molecule has 0 aliphatic rings. The van der Waals surface area contributed by atoms with Crippen LogP contribution in [0, 0.1) is 0 Å². The normalized spacial score (nSPS) is 8.23. The third kappa shape index (κ3) is 4.25. The van der Waals surface area contributed by atoms with E-state index in [1.807, 2.05) is 20.8 Å². The molecule has 0 spiro atoms. The number of aromatic nitrogens is 1. The minimum atomic E-state index is -0.117. The molecule has 0 saturated heterocycles. The Kier molecular flexibility index (Phi) is 6.51. The third-order valence-electron chi connectivity index (χ3n) is 1.23. The first-order chi connectivity index (χ1) is 6.34. The fraction of sp³-hybridized carbons (Fsp3) is 0.400. The van der Waals surface area contributed by atoms with Crippen LogP contribution in [0.3, 0.4) is 0 Å². The maximum absolute atomic E-state index is 11.1. The summed E-state index contributed by atoms with van der Waals surface area (Å²) in [7, 11) is 0. The van der Waals surface area contributed by atoms with Crippen LogP contribution in [0.2, 0.25) is 0 Å². The number of nitrogens with zero attached hydrogens (tertiary/aromatic N) is 1. The molecule has 0 saturated carbocycles. The molecule has 3 nitrogen and oxygen atoms in total. The minimum Gasteiger partial charge on any atom is -0.351 e. The second kappa shape index (κ2) is 7.28. The summed E-state index contributed by atoms with van der Waals surface area (Å²) in [5.41, 5.74) is 0.467. The zero-order valence-electron chi connectivity index (χ0n) is 8.37. The molecule has 0 aliphatic heterocycles. The van der Waals surface area contributed by atoms with E-state index < -0.39 is 0 Å². The predicted molar refractivity (Wildman–Crippen MR) is 55.7 cm³/mol. The van der Waals surface area contributed by atoms with E-state index in [9.17, 15) is 4.79 Å². The smallest absolute Gasteiger partial charge is 0.269 e. The number of carbonyl (C=O) groups is 1. The highest BCUT2D eigenvalue weighted by atomic mass is 16.1. The number of amides is 1. The first-order valence-electron chi connectivity index (χ1n) is 4.54. The monoisotopic (exact) mass is 182 g/mol. The molecule has 1 amide bonds. The summed E-state index contributed by atoms with van der Waals surface area (Å²) in [6.07, 6.45) is 1.60. The van der Waals surface area contributed by atoms with Gasteiger partial charge in [-0.2, -0.15) is 0 Å². The van der Waals surface area contributed by atoms with E-state index in [1.165, 1.54) is 0 Å². The Morgan fingerprint density at radius 1 is 1.54 bits per heavy atom. The molecular weight excluding hydrogens is 164 g/mol. The van der Waals surface area contributed by atoms with Gasteiger partial charge in [0.2, 0.25) is 0 Å². The number of rotatable bonds is 2. The topological polar surface area (TPSA) is 42.0 Å². The van der Waals surface area contributed by atoms with Crippen LogP contribution in [0.15, 0.2) is 24.4 Å². The maximum atomic E-state index is 11.1. The van der Waals surface area contributed by atoms with Crippen molar-refractivity contribution in [2.75, 3.05) is 6.54 Å². The van der Waals surface area contributed by atoms with Crippen molar-refractivity contribution in [1.82, 2.24) is 10.3 Å². The van der Waals surface area contributed by atoms with Crippen LogP contribution in [0.25, 0.3) is 0 Å². The van der Waals surface area contributed by atoms with E-state index >= 15 is 0 Å². The molecule has 1 rings (SSSR count). The van der Waals surface area contributed by atoms with Crippen LogP contribution in [0.4, 0.5) is 0 Å². The lowest BCUT2D eigenvalue weighted by Crippen LogP contribution is -2.23. The number of nitrogens with one attached hydrogen (secondary N) is 1. The largest absolute Gasteiger partial charge is 0.351 e. The molecule has 1 heterocycles. The first kappa shape index (κ1) is 11.6. The van der Waals surface area contributed by atoms with E-state index in [0.717, 1.165) is 0 Å². The Balaban J connectivity index is 0. The van der Waals surface area contributed by atoms with Gasteiger partial charge in [0.25, 0.3) is 5.91 Å². The molecular formula is C10H18N2O. The summed E-state index contributed by atoms with van der Waals surface area (Å²) >= 11 is 0. The van der Waals surface area contributed by atoms with Crippen molar-refractivity contribution in [2.24, 2.45) is 0 Å². The summed E-state index contributed by atoms with van der Waals surface area (Å²) in [4.78, 5) is 15.0. The highest BCUT2D eigenvalue weighted by Gasteiger charge is 2.01. The highest BCUT2D eigenvalue weighted by Crippen LogP contribution is 1.91. The summed E-state index contributed by atoms with van der Waals surface area (Å²) in [6.45, 7) is 6.51. The SMILES string of the molecule is CC.CCNC(=O)c1ccccn1.[HH]. The van der Waals surface area contributed by atoms with Gasteiger partial charge in [0, 0.05) is 14.2 Å². The first-order valence-corrected chi connectivity index (χ1v) is 4.54. The van der Waals surface area contributed by atoms with Crippen molar-refractivity contribution in [3.8, 4) is 0 Å². The van der Waals surface area contributed by atoms with Gasteiger partial charge in [0.1, 0.15) is 5.69 Å². The van der Waals surface area contributed by atoms with E-state index in [0.29, 0.717) is 12.2 Å². The van der Waals surface area contributed by atoms with Crippen molar-refractivity contribution in [1.29, 1.82) is 0 Å². The number of carbonyl (C=O) groups excluding carboxylic acids is 1. The Morgan fingerprint density at radius 2 is 2.23 bits per heavy atom. The molecule has 0 aliphatic carbocycles. The van der Waals surface area contributed by atoms with E-state index in [4.69, 9.17) is 0 Å². The average Bonchev–Trinajstić information content (AvgIpc) is 2.23. The lowest BCUT2D eigenvalue weighted by atomic mass is 10.3. The van der Waals surface area contributed by atoms with E-state index in [2.05, 4.69) is 10.3 Å². The van der Waals surface area contributed by atoms with Gasteiger partial charge in [-0.25, -0.2) is 0 Å². The van der Waals surface area contributed by atoms with Crippen molar-refractivity contribution in [3.63, 3.8) is 0 Å². The van der Waals surface area contributed by atoms with E-state index in [-0.39, 0.29) is 7.33 Å². The van der Waals surface area contributed by atoms with Crippen LogP contribution in [0.1, 0.15) is 32.7 Å². The third-order valence-corrected chi connectivity index (χ3v) is 1.23. The Morgan fingerprint density at radius 3 is 2.69 bits per heavy atom. The molecule has 74 valence electrons. The van der Waals surface area contributed by atoms with Gasteiger partial charge >= 0.3 is 0 Å². The van der Waals surface area contributed by atoms with Crippen molar-refractivity contribution >= 4 is 5.91 Å². The molecule has 0 bridgehead atoms. The van der Waals surface area contributed by atoms with Gasteiger partial charge in [-0.15, -0.1) is 0 Å². The quantitative estimate of drug-likeness (QED) is 0.761. The van der Waals surface area contributed by atoms with Crippen molar-refractivity contribution < 1.29 is 6.22 Å². The molecule has 0 atom stereocenters. The summed E-state index contributed by atoms with van der Waals surface area (Å²) in [5, 5.41) is 2.66. The second-order valence-corrected chi connectivity index (χ2v) is 2.07. The Labute approximate surface area is 80.7 Å². The molecule has 13 heavy (non-hydrogen) atoms. The van der Waals surface area contributed by atoms with Gasteiger partial charge in [0.15, 0.2) is 0 Å². The average molecular weight is 182 g/mol. The number of hydrogen-bond donors (Lipinski definition) is 1. The molecule has 1 aromatic rings. The summed E-state index contributed by atoms with van der Waals surface area (Å²) in [6, 6.07) is 5.26. The standard InChI is InChI=1S/C8H10N2O.C2H6.H2/c1-2-9-8(11)7-5-3-4-6-10-7;1-2;/h3-6H,2H2,1H3,(H,9,11);1-2H3;1H. The van der Waals surface area contributed by atoms with Gasteiger partial charge < -0.3 is 5.32 Å². The summed E-state index contributed by atoms with van der Waals surface area (Å²) < 4.78 is 0. The van der Waals surface area contributed by atoms with Gasteiger partial charge in [0.05, 0.1) is 0 Å². The fourth-order valence-electron chi connectivity index (χ4n) is 0.748. The highest BCUT2D eigenvalue weighted by molar-refractivity contribution is 5.92. The Hall–Kier alpha value is -1.38. The van der Waals surface area contributed by atoms with Crippen molar-refractivity contribution in [2.45, 2.75) is 20.8 Å². The Bertz CT molecular complexity index is 239. The molecule has 1 aromatic heterocycles. The summed E-state index contributed by atoms with van der Waals surface area (Å²) in [5.74, 6) is -0.117. The maximum Gasteiger partial charge on any atom is 0.269 e. The van der Waals surface area contributed by atoms with Crippen molar-refractivity contribution in [3.05, 3.63) is 30.1 Å². The number of pyridine rings is 1. The minimum absolute atomic E-state index is 0. The second-order valence-electron chi connectivity index (χ2n) is 2.07. The molecule has 3 heteroatoms. The van der Waals surface area contributed by atoms with Crippen LogP contribution < -0.4 is 5.32 Å². The lowest BCUT2D eigenvalue weighted by molar-refractivity contribution is 0.0951. The number of hydrogen-bond acceptors (Lipinski definition) is 2. The molecule has 0 radical (unpaired) electrons.